The van der Waals surface area contributed by atoms with Crippen LogP contribution < -0.4 is 10.1 Å². The average molecular weight is 370 g/mol. The van der Waals surface area contributed by atoms with Crippen molar-refractivity contribution >= 4 is 6.03 Å². The van der Waals surface area contributed by atoms with Gasteiger partial charge in [-0.2, -0.15) is 0 Å². The topological polar surface area (TPSA) is 61.8 Å². The first-order chi connectivity index (χ1) is 13.0. The highest BCUT2D eigenvalue weighted by Crippen LogP contribution is 2.21. The Hall–Kier alpha value is -2.53. The highest BCUT2D eigenvalue weighted by molar-refractivity contribution is 5.75. The Balaban J connectivity index is 2.15. The summed E-state index contributed by atoms with van der Waals surface area (Å²) in [5.41, 5.74) is 4.37. The number of hydrogen-bond donors (Lipinski definition) is 2. The van der Waals surface area contributed by atoms with E-state index in [0.717, 1.165) is 22.4 Å². The van der Waals surface area contributed by atoms with E-state index in [1.54, 1.807) is 12.0 Å². The number of carbonyl (C=O) groups excluding carboxylic acids is 1. The van der Waals surface area contributed by atoms with Crippen LogP contribution in [0.1, 0.15) is 41.6 Å². The Morgan fingerprint density at radius 3 is 2.67 bits per heavy atom. The van der Waals surface area contributed by atoms with Crippen LogP contribution in [0.25, 0.3) is 0 Å². The van der Waals surface area contributed by atoms with Gasteiger partial charge in [0.1, 0.15) is 5.75 Å². The molecule has 146 valence electrons. The maximum absolute atomic E-state index is 12.9. The van der Waals surface area contributed by atoms with E-state index in [0.29, 0.717) is 19.5 Å². The van der Waals surface area contributed by atoms with Gasteiger partial charge in [-0.05, 0) is 44.4 Å². The van der Waals surface area contributed by atoms with Crippen LogP contribution in [-0.2, 0) is 6.54 Å². The number of benzene rings is 2. The van der Waals surface area contributed by atoms with Gasteiger partial charge >= 0.3 is 6.03 Å². The molecule has 0 aliphatic heterocycles. The third kappa shape index (κ3) is 5.73. The van der Waals surface area contributed by atoms with Crippen molar-refractivity contribution in [2.45, 2.75) is 39.8 Å². The first kappa shape index (κ1) is 20.8. The fraction of sp³-hybridized carbons (Fsp3) is 0.409. The Labute approximate surface area is 162 Å². The van der Waals surface area contributed by atoms with E-state index in [9.17, 15) is 9.90 Å². The number of methoxy groups -OCH3 is 1. The highest BCUT2D eigenvalue weighted by atomic mass is 16.5. The minimum absolute atomic E-state index is 0.0439. The van der Waals surface area contributed by atoms with Gasteiger partial charge in [0.25, 0.3) is 0 Å². The van der Waals surface area contributed by atoms with Gasteiger partial charge in [-0.3, -0.25) is 0 Å². The van der Waals surface area contributed by atoms with Crippen LogP contribution >= 0.6 is 0 Å². The number of nitrogens with zero attached hydrogens (tertiary/aromatic N) is 1. The molecule has 2 rings (SSSR count). The number of amides is 2. The van der Waals surface area contributed by atoms with Crippen molar-refractivity contribution in [2.24, 2.45) is 0 Å². The quantitative estimate of drug-likeness (QED) is 0.739. The minimum atomic E-state index is -0.150. The molecule has 0 saturated heterocycles. The molecule has 2 aromatic rings. The second kappa shape index (κ2) is 9.97. The summed E-state index contributed by atoms with van der Waals surface area (Å²) >= 11 is 0. The summed E-state index contributed by atoms with van der Waals surface area (Å²) < 4.78 is 5.40. The lowest BCUT2D eigenvalue weighted by Crippen LogP contribution is -2.41. The van der Waals surface area contributed by atoms with Gasteiger partial charge in [0, 0.05) is 18.7 Å². The molecule has 0 unspecified atom stereocenters. The standard InChI is InChI=1S/C22H30N2O3/c1-16-10-11-17(2)20(14-16)18(3)23-22(26)24(12-7-13-25)15-19-8-5-6-9-21(19)27-4/h5-6,8-11,14,18,25H,7,12-13,15H2,1-4H3,(H,23,26)/t18-/m1/s1. The van der Waals surface area contributed by atoms with Crippen LogP contribution in [0.15, 0.2) is 42.5 Å². The molecule has 0 fully saturated rings. The third-order valence-corrected chi connectivity index (χ3v) is 4.67. The number of aryl methyl sites for hydroxylation is 2. The minimum Gasteiger partial charge on any atom is -0.496 e. The largest absolute Gasteiger partial charge is 0.496 e. The van der Waals surface area contributed by atoms with E-state index < -0.39 is 0 Å². The number of aliphatic hydroxyl groups excluding tert-OH is 1. The molecule has 0 bridgehead atoms. The Morgan fingerprint density at radius 1 is 1.22 bits per heavy atom. The summed E-state index contributed by atoms with van der Waals surface area (Å²) in [6, 6.07) is 13.7. The molecular formula is C22H30N2O3. The van der Waals surface area contributed by atoms with Crippen molar-refractivity contribution in [3.05, 3.63) is 64.7 Å². The molecule has 0 radical (unpaired) electrons. The van der Waals surface area contributed by atoms with Crippen molar-refractivity contribution < 1.29 is 14.6 Å². The van der Waals surface area contributed by atoms with Gasteiger partial charge < -0.3 is 20.1 Å². The zero-order valence-corrected chi connectivity index (χ0v) is 16.7. The van der Waals surface area contributed by atoms with E-state index in [1.807, 2.05) is 38.1 Å². The monoisotopic (exact) mass is 370 g/mol. The average Bonchev–Trinajstić information content (AvgIpc) is 2.67. The third-order valence-electron chi connectivity index (χ3n) is 4.67. The first-order valence-electron chi connectivity index (χ1n) is 9.31. The number of aliphatic hydroxyl groups is 1. The van der Waals surface area contributed by atoms with Crippen molar-refractivity contribution in [3.8, 4) is 5.75 Å². The van der Waals surface area contributed by atoms with E-state index in [2.05, 4.69) is 30.4 Å². The van der Waals surface area contributed by atoms with Crippen LogP contribution in [-0.4, -0.2) is 36.3 Å². The molecule has 1 atom stereocenters. The van der Waals surface area contributed by atoms with Crippen molar-refractivity contribution in [2.75, 3.05) is 20.3 Å². The summed E-state index contributed by atoms with van der Waals surface area (Å²) in [5, 5.41) is 12.3. The predicted molar refractivity (Wildman–Crippen MR) is 108 cm³/mol. The number of carbonyl (C=O) groups is 1. The number of para-hydroxylation sites is 1. The second-order valence-electron chi connectivity index (χ2n) is 6.84. The summed E-state index contributed by atoms with van der Waals surface area (Å²) in [5.74, 6) is 0.752. The normalized spacial score (nSPS) is 11.7. The smallest absolute Gasteiger partial charge is 0.318 e. The van der Waals surface area contributed by atoms with E-state index >= 15 is 0 Å². The molecule has 0 saturated carbocycles. The molecule has 0 aliphatic carbocycles. The van der Waals surface area contributed by atoms with E-state index in [4.69, 9.17) is 4.74 Å². The lowest BCUT2D eigenvalue weighted by Gasteiger charge is -2.26. The maximum Gasteiger partial charge on any atom is 0.318 e. The van der Waals surface area contributed by atoms with Crippen LogP contribution in [0, 0.1) is 13.8 Å². The SMILES string of the molecule is COc1ccccc1CN(CCCO)C(=O)N[C@H](C)c1cc(C)ccc1C. The van der Waals surface area contributed by atoms with Gasteiger partial charge in [-0.1, -0.05) is 42.0 Å². The first-order valence-corrected chi connectivity index (χ1v) is 9.31. The summed E-state index contributed by atoms with van der Waals surface area (Å²) in [6.45, 7) is 7.03. The van der Waals surface area contributed by atoms with Crippen molar-refractivity contribution in [1.82, 2.24) is 10.2 Å². The maximum atomic E-state index is 12.9. The van der Waals surface area contributed by atoms with Crippen LogP contribution in [0.5, 0.6) is 5.75 Å². The molecule has 0 spiro atoms. The molecule has 0 aliphatic rings. The van der Waals surface area contributed by atoms with E-state index in [1.165, 1.54) is 5.56 Å². The van der Waals surface area contributed by atoms with Crippen LogP contribution in [0.4, 0.5) is 4.79 Å². The van der Waals surface area contributed by atoms with E-state index in [-0.39, 0.29) is 18.7 Å². The number of urea groups is 1. The molecule has 0 aromatic heterocycles. The van der Waals surface area contributed by atoms with Gasteiger partial charge in [0.2, 0.25) is 0 Å². The summed E-state index contributed by atoms with van der Waals surface area (Å²) in [4.78, 5) is 14.6. The summed E-state index contributed by atoms with van der Waals surface area (Å²) in [7, 11) is 1.62. The predicted octanol–water partition coefficient (Wildman–Crippen LogP) is 3.97. The molecular weight excluding hydrogens is 340 g/mol. The fourth-order valence-corrected chi connectivity index (χ4v) is 3.13. The van der Waals surface area contributed by atoms with Crippen LogP contribution in [0.2, 0.25) is 0 Å². The van der Waals surface area contributed by atoms with Crippen LogP contribution in [0.3, 0.4) is 0 Å². The van der Waals surface area contributed by atoms with Gasteiger partial charge in [0.05, 0.1) is 19.7 Å². The fourth-order valence-electron chi connectivity index (χ4n) is 3.13. The number of ether oxygens (including phenoxy) is 1. The number of hydrogen-bond acceptors (Lipinski definition) is 3. The molecule has 2 N–H and O–H groups in total. The molecule has 0 heterocycles. The Morgan fingerprint density at radius 2 is 1.96 bits per heavy atom. The molecule has 5 nitrogen and oxygen atoms in total. The highest BCUT2D eigenvalue weighted by Gasteiger charge is 2.19. The lowest BCUT2D eigenvalue weighted by atomic mass is 10.00. The Kier molecular flexibility index (Phi) is 7.67. The molecule has 2 amide bonds. The molecule has 5 heteroatoms. The van der Waals surface area contributed by atoms with Gasteiger partial charge in [-0.25, -0.2) is 4.79 Å². The summed E-state index contributed by atoms with van der Waals surface area (Å²) in [6.07, 6.45) is 0.528. The lowest BCUT2D eigenvalue weighted by molar-refractivity contribution is 0.183. The number of nitrogens with one attached hydrogen (secondary N) is 1. The molecule has 2 aromatic carbocycles. The van der Waals surface area contributed by atoms with Gasteiger partial charge in [-0.15, -0.1) is 0 Å². The molecule has 27 heavy (non-hydrogen) atoms. The number of rotatable bonds is 8. The second-order valence-corrected chi connectivity index (χ2v) is 6.84. The zero-order chi connectivity index (χ0) is 19.8. The van der Waals surface area contributed by atoms with Crippen molar-refractivity contribution in [1.29, 1.82) is 0 Å². The Bertz CT molecular complexity index is 761. The van der Waals surface area contributed by atoms with Crippen molar-refractivity contribution in [3.63, 3.8) is 0 Å². The van der Waals surface area contributed by atoms with Gasteiger partial charge in [0.15, 0.2) is 0 Å². The zero-order valence-electron chi connectivity index (χ0n) is 16.7.